The van der Waals surface area contributed by atoms with Crippen molar-refractivity contribution in [1.82, 2.24) is 0 Å². The van der Waals surface area contributed by atoms with E-state index in [4.69, 9.17) is 19.3 Å². The van der Waals surface area contributed by atoms with Crippen molar-refractivity contribution in [3.05, 3.63) is 48.6 Å². The standard InChI is InChI=1S/C41H73O8P/c1-3-5-7-9-11-13-15-17-19-20-22-24-26-28-30-32-34-36-41(43)49-39(38-48-50(44,45)46)37-47-40(42)35-33-31-29-27-25-23-21-18-16-14-12-10-8-6-4-2/h14,16,18,21-22,24,28,30,39H,3-13,15,17,19-20,23,25-27,29,31-38H2,1-2H3,(H2,44,45,46)/b16-14+,21-18+,24-22+,30-28+/t39-/m1/s1. The molecule has 290 valence electrons. The highest BCUT2D eigenvalue weighted by Crippen LogP contribution is 2.36. The van der Waals surface area contributed by atoms with Gasteiger partial charge in [-0.05, 0) is 64.2 Å². The number of rotatable bonds is 36. The molecule has 0 spiro atoms. The molecule has 9 heteroatoms. The highest BCUT2D eigenvalue weighted by atomic mass is 31.2. The molecule has 0 aromatic carbocycles. The van der Waals surface area contributed by atoms with E-state index in [9.17, 15) is 14.2 Å². The number of unbranched alkanes of at least 4 members (excludes halogenated alkanes) is 19. The van der Waals surface area contributed by atoms with Crippen LogP contribution < -0.4 is 0 Å². The van der Waals surface area contributed by atoms with Crippen molar-refractivity contribution in [2.24, 2.45) is 0 Å². The van der Waals surface area contributed by atoms with Gasteiger partial charge in [-0.1, -0.05) is 152 Å². The van der Waals surface area contributed by atoms with Crippen molar-refractivity contribution >= 4 is 19.8 Å². The Morgan fingerprint density at radius 3 is 1.52 bits per heavy atom. The van der Waals surface area contributed by atoms with Gasteiger partial charge in [0, 0.05) is 12.8 Å². The van der Waals surface area contributed by atoms with Gasteiger partial charge in [0.2, 0.25) is 0 Å². The van der Waals surface area contributed by atoms with Crippen LogP contribution in [-0.2, 0) is 28.2 Å². The van der Waals surface area contributed by atoms with Gasteiger partial charge in [0.25, 0.3) is 0 Å². The van der Waals surface area contributed by atoms with Crippen molar-refractivity contribution in [1.29, 1.82) is 0 Å². The van der Waals surface area contributed by atoms with Crippen LogP contribution in [0, 0.1) is 0 Å². The fourth-order valence-corrected chi connectivity index (χ4v) is 5.70. The van der Waals surface area contributed by atoms with E-state index in [-0.39, 0.29) is 19.4 Å². The van der Waals surface area contributed by atoms with Gasteiger partial charge in [-0.3, -0.25) is 14.1 Å². The summed E-state index contributed by atoms with van der Waals surface area (Å²) < 4.78 is 26.3. The average molecular weight is 725 g/mol. The van der Waals surface area contributed by atoms with Crippen LogP contribution in [0.15, 0.2) is 48.6 Å². The summed E-state index contributed by atoms with van der Waals surface area (Å²) in [6, 6.07) is 0. The minimum absolute atomic E-state index is 0.144. The Morgan fingerprint density at radius 1 is 0.540 bits per heavy atom. The van der Waals surface area contributed by atoms with Crippen LogP contribution in [0.4, 0.5) is 0 Å². The van der Waals surface area contributed by atoms with Crippen molar-refractivity contribution in [3.8, 4) is 0 Å². The number of hydrogen-bond donors (Lipinski definition) is 2. The fourth-order valence-electron chi connectivity index (χ4n) is 5.34. The van der Waals surface area contributed by atoms with Crippen LogP contribution in [-0.4, -0.2) is 41.0 Å². The molecular weight excluding hydrogens is 651 g/mol. The zero-order valence-electron chi connectivity index (χ0n) is 31.8. The molecule has 1 atom stereocenters. The van der Waals surface area contributed by atoms with Crippen LogP contribution in [0.25, 0.3) is 0 Å². The number of carbonyl (C=O) groups excluding carboxylic acids is 2. The molecule has 0 aromatic heterocycles. The molecule has 0 aliphatic carbocycles. The summed E-state index contributed by atoms with van der Waals surface area (Å²) in [7, 11) is -4.77. The first kappa shape index (κ1) is 48.0. The molecule has 2 N–H and O–H groups in total. The summed E-state index contributed by atoms with van der Waals surface area (Å²) in [4.78, 5) is 42.7. The maximum Gasteiger partial charge on any atom is 0.469 e. The van der Waals surface area contributed by atoms with Gasteiger partial charge in [-0.15, -0.1) is 0 Å². The van der Waals surface area contributed by atoms with Crippen LogP contribution in [0.3, 0.4) is 0 Å². The first-order valence-corrected chi connectivity index (χ1v) is 21.5. The summed E-state index contributed by atoms with van der Waals surface area (Å²) in [5.74, 6) is -0.957. The Balaban J connectivity index is 4.04. The third-order valence-electron chi connectivity index (χ3n) is 8.35. The van der Waals surface area contributed by atoms with Crippen molar-refractivity contribution in [2.75, 3.05) is 13.2 Å². The Morgan fingerprint density at radius 2 is 0.980 bits per heavy atom. The van der Waals surface area contributed by atoms with E-state index in [0.717, 1.165) is 51.4 Å². The topological polar surface area (TPSA) is 119 Å². The van der Waals surface area contributed by atoms with Gasteiger partial charge in [0.05, 0.1) is 6.61 Å². The third kappa shape index (κ3) is 38.8. The SMILES string of the molecule is CCCCCC/C=C/C=C/CCCCCCCC(=O)OC[C@H](COP(=O)(O)O)OC(=O)CCC/C=C/C/C=C/CCCCCCCCCCC. The van der Waals surface area contributed by atoms with E-state index in [0.29, 0.717) is 19.3 Å². The van der Waals surface area contributed by atoms with Gasteiger partial charge in [-0.2, -0.15) is 0 Å². The smallest absolute Gasteiger partial charge is 0.462 e. The second kappa shape index (κ2) is 36.8. The molecule has 0 saturated carbocycles. The van der Waals surface area contributed by atoms with E-state index in [2.05, 4.69) is 60.9 Å². The third-order valence-corrected chi connectivity index (χ3v) is 8.83. The molecule has 8 nitrogen and oxygen atoms in total. The Hall–Kier alpha value is -1.99. The molecule has 0 fully saturated rings. The number of hydrogen-bond acceptors (Lipinski definition) is 6. The molecule has 0 amide bonds. The average Bonchev–Trinajstić information content (AvgIpc) is 3.08. The molecule has 50 heavy (non-hydrogen) atoms. The first-order chi connectivity index (χ1) is 24.3. The predicted molar refractivity (Wildman–Crippen MR) is 207 cm³/mol. The van der Waals surface area contributed by atoms with Crippen LogP contribution in [0.5, 0.6) is 0 Å². The lowest BCUT2D eigenvalue weighted by atomic mass is 10.1. The van der Waals surface area contributed by atoms with Crippen LogP contribution >= 0.6 is 7.82 Å². The molecule has 0 radical (unpaired) electrons. The molecule has 0 aliphatic rings. The maximum atomic E-state index is 12.4. The van der Waals surface area contributed by atoms with Crippen molar-refractivity contribution < 1.29 is 37.9 Å². The number of allylic oxidation sites excluding steroid dienone is 8. The number of esters is 2. The Kier molecular flexibility index (Phi) is 35.3. The largest absolute Gasteiger partial charge is 0.469 e. The second-order valence-corrected chi connectivity index (χ2v) is 14.5. The number of phosphoric acid groups is 1. The van der Waals surface area contributed by atoms with Gasteiger partial charge in [0.1, 0.15) is 6.61 Å². The molecule has 0 rings (SSSR count). The molecule has 0 aromatic rings. The summed E-state index contributed by atoms with van der Waals surface area (Å²) in [5, 5.41) is 0. The quantitative estimate of drug-likeness (QED) is 0.0215. The molecule has 0 heterocycles. The Labute approximate surface area is 305 Å². The van der Waals surface area contributed by atoms with E-state index in [1.165, 1.54) is 83.5 Å². The molecular formula is C41H73O8P. The molecule has 0 saturated heterocycles. The zero-order valence-corrected chi connectivity index (χ0v) is 32.7. The van der Waals surface area contributed by atoms with Crippen molar-refractivity contribution in [3.63, 3.8) is 0 Å². The summed E-state index contributed by atoms with van der Waals surface area (Å²) >= 11 is 0. The second-order valence-electron chi connectivity index (χ2n) is 13.3. The van der Waals surface area contributed by atoms with E-state index >= 15 is 0 Å². The van der Waals surface area contributed by atoms with Crippen LogP contribution in [0.1, 0.15) is 181 Å². The Bertz CT molecular complexity index is 952. The van der Waals surface area contributed by atoms with Gasteiger partial charge < -0.3 is 19.3 Å². The van der Waals surface area contributed by atoms with Gasteiger partial charge in [0.15, 0.2) is 6.10 Å². The zero-order chi connectivity index (χ0) is 36.8. The molecule has 0 bridgehead atoms. The van der Waals surface area contributed by atoms with Gasteiger partial charge in [-0.25, -0.2) is 4.57 Å². The summed E-state index contributed by atoms with van der Waals surface area (Å²) in [6.07, 6.45) is 44.1. The van der Waals surface area contributed by atoms with Crippen molar-refractivity contribution in [2.45, 2.75) is 187 Å². The first-order valence-electron chi connectivity index (χ1n) is 19.9. The lowest BCUT2D eigenvalue weighted by Crippen LogP contribution is -2.29. The lowest BCUT2D eigenvalue weighted by Gasteiger charge is -2.18. The minimum atomic E-state index is -4.77. The normalized spacial score (nSPS) is 13.0. The van der Waals surface area contributed by atoms with E-state index in [1.807, 2.05) is 6.08 Å². The summed E-state index contributed by atoms with van der Waals surface area (Å²) in [5.41, 5.74) is 0. The number of phosphoric ester groups is 1. The fraction of sp³-hybridized carbons (Fsp3) is 0.756. The molecule has 0 aliphatic heterocycles. The monoisotopic (exact) mass is 725 g/mol. The van der Waals surface area contributed by atoms with E-state index < -0.39 is 32.5 Å². The predicted octanol–water partition coefficient (Wildman–Crippen LogP) is 12.0. The summed E-state index contributed by atoms with van der Waals surface area (Å²) in [6.45, 7) is 3.61. The highest BCUT2D eigenvalue weighted by Gasteiger charge is 2.22. The number of ether oxygens (including phenoxy) is 2. The van der Waals surface area contributed by atoms with E-state index in [1.54, 1.807) is 0 Å². The number of carbonyl (C=O) groups is 2. The van der Waals surface area contributed by atoms with Gasteiger partial charge >= 0.3 is 19.8 Å². The highest BCUT2D eigenvalue weighted by molar-refractivity contribution is 7.46. The lowest BCUT2D eigenvalue weighted by molar-refractivity contribution is -0.161. The maximum absolute atomic E-state index is 12.4. The van der Waals surface area contributed by atoms with Crippen LogP contribution in [0.2, 0.25) is 0 Å². The molecule has 0 unspecified atom stereocenters. The minimum Gasteiger partial charge on any atom is -0.462 e.